The summed E-state index contributed by atoms with van der Waals surface area (Å²) in [6, 6.07) is 9.34. The smallest absolute Gasteiger partial charge is 0.290 e. The van der Waals surface area contributed by atoms with Crippen LogP contribution in [0.1, 0.15) is 27.9 Å². The molecule has 2 aromatic rings. The highest BCUT2D eigenvalue weighted by Gasteiger charge is 2.29. The Morgan fingerprint density at radius 3 is 2.63 bits per heavy atom. The second-order valence-corrected chi connectivity index (χ2v) is 6.80. The number of amides is 1. The number of rotatable bonds is 3. The van der Waals surface area contributed by atoms with Crippen LogP contribution >= 0.6 is 11.6 Å². The van der Waals surface area contributed by atoms with Crippen LogP contribution in [0.2, 0.25) is 5.02 Å². The van der Waals surface area contributed by atoms with Crippen LogP contribution in [-0.4, -0.2) is 35.5 Å². The van der Waals surface area contributed by atoms with Crippen molar-refractivity contribution in [1.82, 2.24) is 4.90 Å². The summed E-state index contributed by atoms with van der Waals surface area (Å²) in [6.45, 7) is 2.62. The summed E-state index contributed by atoms with van der Waals surface area (Å²) < 4.78 is 27.3. The maximum absolute atomic E-state index is 13.9. The minimum Gasteiger partial charge on any atom is -0.483 e. The van der Waals surface area contributed by atoms with Gasteiger partial charge in [-0.25, -0.2) is 8.78 Å². The quantitative estimate of drug-likeness (QED) is 0.787. The molecule has 2 aromatic carbocycles. The summed E-state index contributed by atoms with van der Waals surface area (Å²) in [5.41, 5.74) is 1.62. The number of hydrogen-bond acceptors (Lipinski definition) is 2. The first-order valence-corrected chi connectivity index (χ1v) is 8.81. The third kappa shape index (κ3) is 5.26. The molecule has 0 aromatic heterocycles. The Balaban J connectivity index is 0.000000817. The van der Waals surface area contributed by atoms with Crippen molar-refractivity contribution in [2.45, 2.75) is 19.8 Å². The molecule has 7 heteroatoms. The molecule has 1 amide bonds. The van der Waals surface area contributed by atoms with Crippen molar-refractivity contribution in [3.05, 3.63) is 69.7 Å². The number of carboxylic acid groups (broad SMARTS) is 1. The van der Waals surface area contributed by atoms with Crippen molar-refractivity contribution >= 4 is 24.0 Å². The summed E-state index contributed by atoms with van der Waals surface area (Å²) >= 11 is 5.98. The Hall–Kier alpha value is -2.47. The molecule has 0 bridgehead atoms. The number of hydrogen-bond donors (Lipinski definition) is 1. The normalized spacial score (nSPS) is 15.9. The molecule has 3 rings (SSSR count). The standard InChI is InChI=1S/C19H18ClF2NO.CH2O2/c1-12-9-13(5-6-16(12)21)10-14-7-8-23(11-14)19(24)18-15(20)3-2-4-17(18)22;2-1-3/h2-6,9,14H,7-8,10-11H2,1H3;1H,(H,2,3). The van der Waals surface area contributed by atoms with Crippen LogP contribution in [0.4, 0.5) is 8.78 Å². The molecule has 27 heavy (non-hydrogen) atoms. The van der Waals surface area contributed by atoms with Gasteiger partial charge in [0.25, 0.3) is 12.4 Å². The van der Waals surface area contributed by atoms with Gasteiger partial charge in [-0.15, -0.1) is 0 Å². The Labute approximate surface area is 161 Å². The number of carbonyl (C=O) groups is 2. The van der Waals surface area contributed by atoms with Crippen LogP contribution in [0.25, 0.3) is 0 Å². The number of nitrogens with zero attached hydrogens (tertiary/aromatic N) is 1. The fraction of sp³-hybridized carbons (Fsp3) is 0.300. The predicted octanol–water partition coefficient (Wildman–Crippen LogP) is 4.33. The van der Waals surface area contributed by atoms with Gasteiger partial charge in [-0.2, -0.15) is 0 Å². The first-order valence-electron chi connectivity index (χ1n) is 8.43. The van der Waals surface area contributed by atoms with Crippen molar-refractivity contribution in [3.8, 4) is 0 Å². The summed E-state index contributed by atoms with van der Waals surface area (Å²) in [6.07, 6.45) is 1.62. The largest absolute Gasteiger partial charge is 0.483 e. The lowest BCUT2D eigenvalue weighted by molar-refractivity contribution is -0.122. The number of benzene rings is 2. The zero-order valence-corrected chi connectivity index (χ0v) is 15.5. The number of carbonyl (C=O) groups excluding carboxylic acids is 1. The molecular formula is C20H20ClF2NO3. The zero-order valence-electron chi connectivity index (χ0n) is 14.8. The summed E-state index contributed by atoms with van der Waals surface area (Å²) in [5, 5.41) is 7.03. The Morgan fingerprint density at radius 1 is 1.30 bits per heavy atom. The van der Waals surface area contributed by atoms with E-state index in [0.29, 0.717) is 18.7 Å². The van der Waals surface area contributed by atoms with Gasteiger partial charge in [0, 0.05) is 13.1 Å². The molecule has 1 atom stereocenters. The molecule has 1 aliphatic rings. The number of aryl methyl sites for hydroxylation is 1. The summed E-state index contributed by atoms with van der Waals surface area (Å²) in [7, 11) is 0. The van der Waals surface area contributed by atoms with Crippen LogP contribution in [-0.2, 0) is 11.2 Å². The third-order valence-electron chi connectivity index (χ3n) is 4.50. The van der Waals surface area contributed by atoms with E-state index >= 15 is 0 Å². The van der Waals surface area contributed by atoms with Crippen LogP contribution in [0.15, 0.2) is 36.4 Å². The van der Waals surface area contributed by atoms with E-state index in [0.717, 1.165) is 18.4 Å². The molecule has 4 nitrogen and oxygen atoms in total. The molecule has 144 valence electrons. The lowest BCUT2D eigenvalue weighted by Crippen LogP contribution is -2.30. The van der Waals surface area contributed by atoms with Gasteiger partial charge in [0.05, 0.1) is 10.6 Å². The van der Waals surface area contributed by atoms with Gasteiger partial charge >= 0.3 is 0 Å². The van der Waals surface area contributed by atoms with E-state index in [1.807, 2.05) is 6.07 Å². The van der Waals surface area contributed by atoms with Crippen molar-refractivity contribution in [1.29, 1.82) is 0 Å². The second kappa shape index (κ2) is 9.46. The Kier molecular flexibility index (Phi) is 7.30. The minimum atomic E-state index is -0.592. The maximum atomic E-state index is 13.9. The maximum Gasteiger partial charge on any atom is 0.290 e. The van der Waals surface area contributed by atoms with E-state index in [9.17, 15) is 13.6 Å². The topological polar surface area (TPSA) is 57.6 Å². The van der Waals surface area contributed by atoms with Gasteiger partial charge in [-0.05, 0) is 55.0 Å². The molecule has 0 aliphatic carbocycles. The predicted molar refractivity (Wildman–Crippen MR) is 99.0 cm³/mol. The van der Waals surface area contributed by atoms with Gasteiger partial charge in [-0.3, -0.25) is 9.59 Å². The zero-order chi connectivity index (χ0) is 20.0. The van der Waals surface area contributed by atoms with Gasteiger partial charge in [-0.1, -0.05) is 29.8 Å². The summed E-state index contributed by atoms with van der Waals surface area (Å²) in [5.74, 6) is -0.887. The van der Waals surface area contributed by atoms with Crippen LogP contribution in [0, 0.1) is 24.5 Å². The molecule has 0 saturated carbocycles. The average Bonchev–Trinajstić information content (AvgIpc) is 3.07. The van der Waals surface area contributed by atoms with Gasteiger partial charge in [0.1, 0.15) is 11.6 Å². The van der Waals surface area contributed by atoms with E-state index in [1.165, 1.54) is 24.3 Å². The molecule has 1 aliphatic heterocycles. The molecule has 1 saturated heterocycles. The van der Waals surface area contributed by atoms with Crippen LogP contribution in [0.5, 0.6) is 0 Å². The molecular weight excluding hydrogens is 376 g/mol. The van der Waals surface area contributed by atoms with Crippen LogP contribution < -0.4 is 0 Å². The minimum absolute atomic E-state index is 0.0579. The summed E-state index contributed by atoms with van der Waals surface area (Å²) in [4.78, 5) is 22.5. The van der Waals surface area contributed by atoms with Gasteiger partial charge < -0.3 is 10.0 Å². The molecule has 0 spiro atoms. The molecule has 1 heterocycles. The van der Waals surface area contributed by atoms with Crippen molar-refractivity contribution in [2.75, 3.05) is 13.1 Å². The highest BCUT2D eigenvalue weighted by molar-refractivity contribution is 6.33. The monoisotopic (exact) mass is 395 g/mol. The SMILES string of the molecule is Cc1cc(CC2CCN(C(=O)c3c(F)cccc3Cl)C2)ccc1F.O=CO. The Bertz CT molecular complexity index is 809. The molecule has 0 radical (unpaired) electrons. The van der Waals surface area contributed by atoms with E-state index < -0.39 is 5.82 Å². The van der Waals surface area contributed by atoms with E-state index in [2.05, 4.69) is 0 Å². The van der Waals surface area contributed by atoms with Crippen molar-refractivity contribution < 1.29 is 23.5 Å². The second-order valence-electron chi connectivity index (χ2n) is 6.40. The number of likely N-dealkylation sites (tertiary alicyclic amines) is 1. The molecule has 1 unspecified atom stereocenters. The third-order valence-corrected chi connectivity index (χ3v) is 4.81. The van der Waals surface area contributed by atoms with Gasteiger partial charge in [0.2, 0.25) is 0 Å². The lowest BCUT2D eigenvalue weighted by Gasteiger charge is -2.18. The fourth-order valence-electron chi connectivity index (χ4n) is 3.21. The van der Waals surface area contributed by atoms with E-state index in [1.54, 1.807) is 17.9 Å². The number of halogens is 3. The highest BCUT2D eigenvalue weighted by Crippen LogP contribution is 2.26. The van der Waals surface area contributed by atoms with E-state index in [-0.39, 0.29) is 34.7 Å². The van der Waals surface area contributed by atoms with Crippen molar-refractivity contribution in [3.63, 3.8) is 0 Å². The first-order chi connectivity index (χ1) is 12.9. The first kappa shape index (κ1) is 20.8. The fourth-order valence-corrected chi connectivity index (χ4v) is 3.45. The molecule has 1 N–H and O–H groups in total. The highest BCUT2D eigenvalue weighted by atomic mass is 35.5. The van der Waals surface area contributed by atoms with Gasteiger partial charge in [0.15, 0.2) is 0 Å². The molecule has 1 fully saturated rings. The lowest BCUT2D eigenvalue weighted by atomic mass is 9.97. The average molecular weight is 396 g/mol. The Morgan fingerprint density at radius 2 is 2.00 bits per heavy atom. The van der Waals surface area contributed by atoms with E-state index in [4.69, 9.17) is 21.5 Å². The van der Waals surface area contributed by atoms with Crippen molar-refractivity contribution in [2.24, 2.45) is 5.92 Å². The van der Waals surface area contributed by atoms with Crippen LogP contribution in [0.3, 0.4) is 0 Å².